The zero-order chi connectivity index (χ0) is 15.7. The number of carboxylic acid groups (broad SMARTS) is 1. The topological polar surface area (TPSA) is 55.8 Å². The monoisotopic (exact) mass is 288 g/mol. The molecule has 0 bridgehead atoms. The molecule has 0 radical (unpaired) electrons. The van der Waals surface area contributed by atoms with Crippen molar-refractivity contribution in [3.8, 4) is 11.5 Å². The van der Waals surface area contributed by atoms with E-state index < -0.39 is 5.97 Å². The standard InChI is InChI=1S/C15H14O4.C2H6/c1-18-12-8-6-11(7-9-12)10-19-14-5-3-2-4-13(14)15(16)17;1-2/h2-9H,10H2,1H3,(H,16,17);1-2H3. The first-order valence-corrected chi connectivity index (χ1v) is 6.79. The van der Waals surface area contributed by atoms with Crippen molar-refractivity contribution in [2.45, 2.75) is 20.5 Å². The van der Waals surface area contributed by atoms with Crippen LogP contribution in [-0.4, -0.2) is 18.2 Å². The van der Waals surface area contributed by atoms with E-state index in [9.17, 15) is 4.79 Å². The number of methoxy groups -OCH3 is 1. The molecule has 112 valence electrons. The van der Waals surface area contributed by atoms with Crippen LogP contribution in [-0.2, 0) is 6.61 Å². The molecule has 2 aromatic rings. The van der Waals surface area contributed by atoms with Crippen LogP contribution in [0.5, 0.6) is 11.5 Å². The summed E-state index contributed by atoms with van der Waals surface area (Å²) in [6, 6.07) is 14.0. The number of hydrogen-bond acceptors (Lipinski definition) is 3. The van der Waals surface area contributed by atoms with Gasteiger partial charge < -0.3 is 14.6 Å². The zero-order valence-corrected chi connectivity index (χ0v) is 12.5. The lowest BCUT2D eigenvalue weighted by atomic mass is 10.2. The molecule has 0 amide bonds. The van der Waals surface area contributed by atoms with Gasteiger partial charge in [0.1, 0.15) is 23.7 Å². The molecule has 1 N–H and O–H groups in total. The van der Waals surface area contributed by atoms with Gasteiger partial charge in [-0.2, -0.15) is 0 Å². The molecule has 2 rings (SSSR count). The Morgan fingerprint density at radius 2 is 1.67 bits per heavy atom. The van der Waals surface area contributed by atoms with Gasteiger partial charge in [0.2, 0.25) is 0 Å². The minimum Gasteiger partial charge on any atom is -0.497 e. The summed E-state index contributed by atoms with van der Waals surface area (Å²) in [5, 5.41) is 9.03. The molecular formula is C17H20O4. The third-order valence-electron chi connectivity index (χ3n) is 2.67. The molecule has 4 heteroatoms. The Hall–Kier alpha value is -2.49. The third kappa shape index (κ3) is 4.84. The van der Waals surface area contributed by atoms with E-state index in [4.69, 9.17) is 14.6 Å². The molecule has 0 aliphatic rings. The SMILES string of the molecule is CC.COc1ccc(COc2ccccc2C(=O)O)cc1. The molecule has 0 unspecified atom stereocenters. The van der Waals surface area contributed by atoms with Crippen LogP contribution in [0.3, 0.4) is 0 Å². The Morgan fingerprint density at radius 3 is 2.24 bits per heavy atom. The quantitative estimate of drug-likeness (QED) is 0.903. The highest BCUT2D eigenvalue weighted by Crippen LogP contribution is 2.20. The number of aromatic carboxylic acids is 1. The summed E-state index contributed by atoms with van der Waals surface area (Å²) in [6.45, 7) is 4.31. The Bertz CT molecular complexity index is 561. The van der Waals surface area contributed by atoms with Crippen molar-refractivity contribution < 1.29 is 19.4 Å². The molecule has 0 saturated carbocycles. The molecule has 0 fully saturated rings. The summed E-state index contributed by atoms with van der Waals surface area (Å²) >= 11 is 0. The maximum absolute atomic E-state index is 11.0. The second-order valence-electron chi connectivity index (χ2n) is 3.94. The fourth-order valence-electron chi connectivity index (χ4n) is 1.65. The van der Waals surface area contributed by atoms with Gasteiger partial charge in [0, 0.05) is 0 Å². The van der Waals surface area contributed by atoms with E-state index in [-0.39, 0.29) is 5.56 Å². The molecule has 0 heterocycles. The van der Waals surface area contributed by atoms with Crippen LogP contribution in [0.15, 0.2) is 48.5 Å². The summed E-state index contributed by atoms with van der Waals surface area (Å²) in [4.78, 5) is 11.0. The van der Waals surface area contributed by atoms with Gasteiger partial charge in [0.25, 0.3) is 0 Å². The van der Waals surface area contributed by atoms with E-state index in [1.54, 1.807) is 25.3 Å². The van der Waals surface area contributed by atoms with Gasteiger partial charge in [-0.1, -0.05) is 38.1 Å². The predicted molar refractivity (Wildman–Crippen MR) is 82.1 cm³/mol. The maximum Gasteiger partial charge on any atom is 0.339 e. The summed E-state index contributed by atoms with van der Waals surface area (Å²) in [6.07, 6.45) is 0. The van der Waals surface area contributed by atoms with E-state index in [1.165, 1.54) is 6.07 Å². The van der Waals surface area contributed by atoms with Crippen LogP contribution in [0.1, 0.15) is 29.8 Å². The lowest BCUT2D eigenvalue weighted by Gasteiger charge is -2.09. The fourth-order valence-corrected chi connectivity index (χ4v) is 1.65. The van der Waals surface area contributed by atoms with Gasteiger partial charge in [-0.25, -0.2) is 4.79 Å². The predicted octanol–water partition coefficient (Wildman–Crippen LogP) is 4.00. The van der Waals surface area contributed by atoms with Gasteiger partial charge in [-0.3, -0.25) is 0 Å². The van der Waals surface area contributed by atoms with Gasteiger partial charge in [0.05, 0.1) is 7.11 Å². The lowest BCUT2D eigenvalue weighted by molar-refractivity contribution is 0.0692. The second-order valence-corrected chi connectivity index (χ2v) is 3.94. The van der Waals surface area contributed by atoms with Gasteiger partial charge in [-0.15, -0.1) is 0 Å². The molecule has 0 aromatic heterocycles. The fraction of sp³-hybridized carbons (Fsp3) is 0.235. The minimum absolute atomic E-state index is 0.163. The van der Waals surface area contributed by atoms with Crippen LogP contribution in [0, 0.1) is 0 Å². The van der Waals surface area contributed by atoms with Gasteiger partial charge in [-0.05, 0) is 29.8 Å². The summed E-state index contributed by atoms with van der Waals surface area (Å²) < 4.78 is 10.6. The van der Waals surface area contributed by atoms with E-state index >= 15 is 0 Å². The molecule has 0 aliphatic heterocycles. The first kappa shape index (κ1) is 16.6. The van der Waals surface area contributed by atoms with E-state index in [0.29, 0.717) is 12.4 Å². The number of para-hydroxylation sites is 1. The molecule has 0 atom stereocenters. The van der Waals surface area contributed by atoms with Crippen molar-refractivity contribution in [1.29, 1.82) is 0 Å². The largest absolute Gasteiger partial charge is 0.497 e. The molecule has 0 aliphatic carbocycles. The van der Waals surface area contributed by atoms with Crippen LogP contribution in [0.2, 0.25) is 0 Å². The van der Waals surface area contributed by atoms with E-state index in [0.717, 1.165) is 11.3 Å². The minimum atomic E-state index is -0.995. The van der Waals surface area contributed by atoms with Crippen molar-refractivity contribution >= 4 is 5.97 Å². The summed E-state index contributed by atoms with van der Waals surface area (Å²) in [5.41, 5.74) is 1.11. The average Bonchev–Trinajstić information content (AvgIpc) is 2.55. The number of benzene rings is 2. The average molecular weight is 288 g/mol. The third-order valence-corrected chi connectivity index (χ3v) is 2.67. The van der Waals surface area contributed by atoms with Gasteiger partial charge >= 0.3 is 5.97 Å². The van der Waals surface area contributed by atoms with Crippen LogP contribution in [0.25, 0.3) is 0 Å². The van der Waals surface area contributed by atoms with E-state index in [2.05, 4.69) is 0 Å². The first-order valence-electron chi connectivity index (χ1n) is 6.79. The lowest BCUT2D eigenvalue weighted by Crippen LogP contribution is -2.03. The Morgan fingerprint density at radius 1 is 1.05 bits per heavy atom. The van der Waals surface area contributed by atoms with Crippen LogP contribution >= 0.6 is 0 Å². The molecule has 2 aromatic carbocycles. The summed E-state index contributed by atoms with van der Waals surface area (Å²) in [7, 11) is 1.61. The Kier molecular flexibility index (Phi) is 6.81. The maximum atomic E-state index is 11.0. The highest BCUT2D eigenvalue weighted by atomic mass is 16.5. The van der Waals surface area contributed by atoms with Crippen LogP contribution < -0.4 is 9.47 Å². The van der Waals surface area contributed by atoms with Crippen LogP contribution in [0.4, 0.5) is 0 Å². The molecule has 0 spiro atoms. The van der Waals surface area contributed by atoms with Crippen molar-refractivity contribution in [2.24, 2.45) is 0 Å². The zero-order valence-electron chi connectivity index (χ0n) is 12.5. The second kappa shape index (κ2) is 8.64. The molecule has 21 heavy (non-hydrogen) atoms. The molecule has 4 nitrogen and oxygen atoms in total. The highest BCUT2D eigenvalue weighted by molar-refractivity contribution is 5.90. The number of carbonyl (C=O) groups is 1. The molecular weight excluding hydrogens is 268 g/mol. The van der Waals surface area contributed by atoms with Crippen molar-refractivity contribution in [3.63, 3.8) is 0 Å². The van der Waals surface area contributed by atoms with Crippen molar-refractivity contribution in [2.75, 3.05) is 7.11 Å². The highest BCUT2D eigenvalue weighted by Gasteiger charge is 2.09. The number of hydrogen-bond donors (Lipinski definition) is 1. The van der Waals surface area contributed by atoms with Gasteiger partial charge in [0.15, 0.2) is 0 Å². The summed E-state index contributed by atoms with van der Waals surface area (Å²) in [5.74, 6) is 0.144. The van der Waals surface area contributed by atoms with Crippen molar-refractivity contribution in [3.05, 3.63) is 59.7 Å². The first-order chi connectivity index (χ1) is 10.2. The number of ether oxygens (including phenoxy) is 2. The number of rotatable bonds is 5. The Labute approximate surface area is 125 Å². The number of carboxylic acids is 1. The van der Waals surface area contributed by atoms with E-state index in [1.807, 2.05) is 38.1 Å². The van der Waals surface area contributed by atoms with Crippen molar-refractivity contribution in [1.82, 2.24) is 0 Å². The normalized spacial score (nSPS) is 9.29. The smallest absolute Gasteiger partial charge is 0.339 e. The Balaban J connectivity index is 0.00000106. The molecule has 0 saturated heterocycles.